The van der Waals surface area contributed by atoms with E-state index < -0.39 is 0 Å². The molecule has 1 saturated heterocycles. The van der Waals surface area contributed by atoms with Gasteiger partial charge in [-0.15, -0.1) is 0 Å². The molecule has 2 aliphatic rings. The zero-order chi connectivity index (χ0) is 13.9. The van der Waals surface area contributed by atoms with E-state index in [0.29, 0.717) is 0 Å². The van der Waals surface area contributed by atoms with Crippen LogP contribution in [0.3, 0.4) is 0 Å². The first-order valence-electron chi connectivity index (χ1n) is 8.36. The molecule has 110 valence electrons. The van der Waals surface area contributed by atoms with Crippen LogP contribution in [0.25, 0.3) is 0 Å². The van der Waals surface area contributed by atoms with Gasteiger partial charge in [0.15, 0.2) is 0 Å². The highest BCUT2D eigenvalue weighted by molar-refractivity contribution is 5.52. The lowest BCUT2D eigenvalue weighted by molar-refractivity contribution is 0.244. The lowest BCUT2D eigenvalue weighted by atomic mass is 9.78. The number of nitrogens with two attached hydrogens (primary N) is 1. The van der Waals surface area contributed by atoms with Crippen LogP contribution in [-0.2, 0) is 6.42 Å². The smallest absolute Gasteiger partial charge is 0.0371 e. The van der Waals surface area contributed by atoms with Crippen LogP contribution in [0.15, 0.2) is 18.2 Å². The number of hydrogen-bond acceptors (Lipinski definition) is 2. The Hall–Kier alpha value is -1.02. The van der Waals surface area contributed by atoms with Gasteiger partial charge in [0.25, 0.3) is 0 Å². The van der Waals surface area contributed by atoms with Crippen molar-refractivity contribution >= 4 is 5.69 Å². The molecule has 3 rings (SSSR count). The van der Waals surface area contributed by atoms with Crippen molar-refractivity contribution < 1.29 is 0 Å². The highest BCUT2D eigenvalue weighted by atomic mass is 15.2. The summed E-state index contributed by atoms with van der Waals surface area (Å²) in [6, 6.07) is 7.82. The number of nitrogens with zero attached hydrogens (tertiary/aromatic N) is 1. The molecule has 2 unspecified atom stereocenters. The van der Waals surface area contributed by atoms with Crippen LogP contribution in [-0.4, -0.2) is 19.1 Å². The number of anilines is 1. The van der Waals surface area contributed by atoms with Crippen molar-refractivity contribution in [3.8, 4) is 0 Å². The predicted octanol–water partition coefficient (Wildman–Crippen LogP) is 3.66. The Labute approximate surface area is 123 Å². The minimum atomic E-state index is 0.745. The van der Waals surface area contributed by atoms with Gasteiger partial charge in [-0.25, -0.2) is 0 Å². The molecule has 0 amide bonds. The van der Waals surface area contributed by atoms with Gasteiger partial charge in [-0.3, -0.25) is 0 Å². The Morgan fingerprint density at radius 2 is 1.95 bits per heavy atom. The van der Waals surface area contributed by atoms with Gasteiger partial charge in [0.05, 0.1) is 0 Å². The molecule has 20 heavy (non-hydrogen) atoms. The maximum atomic E-state index is 5.69. The third-order valence-electron chi connectivity index (χ3n) is 5.31. The quantitative estimate of drug-likeness (QED) is 0.910. The molecule has 1 saturated carbocycles. The Bertz CT molecular complexity index is 453. The van der Waals surface area contributed by atoms with E-state index in [0.717, 1.165) is 24.9 Å². The fraction of sp³-hybridized carbons (Fsp3) is 0.667. The van der Waals surface area contributed by atoms with Gasteiger partial charge >= 0.3 is 0 Å². The van der Waals surface area contributed by atoms with Gasteiger partial charge in [-0.2, -0.15) is 0 Å². The molecule has 0 bridgehead atoms. The molecule has 2 heteroatoms. The van der Waals surface area contributed by atoms with E-state index in [1.165, 1.54) is 61.9 Å². The first-order chi connectivity index (χ1) is 9.79. The Morgan fingerprint density at radius 3 is 2.75 bits per heavy atom. The second kappa shape index (κ2) is 6.17. The number of hydrogen-bond donors (Lipinski definition) is 1. The van der Waals surface area contributed by atoms with E-state index >= 15 is 0 Å². The van der Waals surface area contributed by atoms with Gasteiger partial charge in [0.1, 0.15) is 0 Å². The van der Waals surface area contributed by atoms with E-state index in [4.69, 9.17) is 5.73 Å². The van der Waals surface area contributed by atoms with Crippen LogP contribution in [0.4, 0.5) is 5.69 Å². The highest BCUT2D eigenvalue weighted by Gasteiger charge is 2.33. The molecule has 2 N–H and O–H groups in total. The molecule has 1 aromatic rings. The number of fused-ring (bicyclic) bond motifs is 1. The molecular formula is C18H28N2. The summed E-state index contributed by atoms with van der Waals surface area (Å²) in [5.74, 6) is 0.946. The average molecular weight is 272 g/mol. The lowest BCUT2D eigenvalue weighted by Gasteiger charge is -2.45. The van der Waals surface area contributed by atoms with Crippen LogP contribution >= 0.6 is 0 Å². The topological polar surface area (TPSA) is 29.3 Å². The van der Waals surface area contributed by atoms with Crippen LogP contribution in [0, 0.1) is 12.8 Å². The fourth-order valence-corrected chi connectivity index (χ4v) is 4.24. The van der Waals surface area contributed by atoms with Gasteiger partial charge in [0, 0.05) is 18.3 Å². The second-order valence-electron chi connectivity index (χ2n) is 6.60. The van der Waals surface area contributed by atoms with Crippen molar-refractivity contribution in [3.05, 3.63) is 29.3 Å². The SMILES string of the molecule is Cc1cc(N2CCCC3CCCCC32)ccc1CCN. The molecule has 2 atom stereocenters. The molecular weight excluding hydrogens is 244 g/mol. The van der Waals surface area contributed by atoms with E-state index in [9.17, 15) is 0 Å². The predicted molar refractivity (Wildman–Crippen MR) is 86.3 cm³/mol. The molecule has 1 aliphatic carbocycles. The zero-order valence-electron chi connectivity index (χ0n) is 12.8. The first kappa shape index (κ1) is 13.9. The van der Waals surface area contributed by atoms with E-state index in [1.807, 2.05) is 0 Å². The normalized spacial score (nSPS) is 26.4. The maximum Gasteiger partial charge on any atom is 0.0371 e. The molecule has 1 heterocycles. The first-order valence-corrected chi connectivity index (χ1v) is 8.36. The number of aryl methyl sites for hydroxylation is 1. The number of piperidine rings is 1. The monoisotopic (exact) mass is 272 g/mol. The maximum absolute atomic E-state index is 5.69. The summed E-state index contributed by atoms with van der Waals surface area (Å²) in [4.78, 5) is 2.70. The van der Waals surface area contributed by atoms with Gasteiger partial charge in [-0.05, 0) is 74.8 Å². The lowest BCUT2D eigenvalue weighted by Crippen LogP contribution is -2.46. The molecule has 1 aromatic carbocycles. The fourth-order valence-electron chi connectivity index (χ4n) is 4.24. The summed E-state index contributed by atoms with van der Waals surface area (Å²) in [5.41, 5.74) is 9.95. The third-order valence-corrected chi connectivity index (χ3v) is 5.31. The summed E-state index contributed by atoms with van der Waals surface area (Å²) < 4.78 is 0. The largest absolute Gasteiger partial charge is 0.368 e. The van der Waals surface area contributed by atoms with Crippen molar-refractivity contribution in [2.75, 3.05) is 18.0 Å². The zero-order valence-corrected chi connectivity index (χ0v) is 12.8. The number of rotatable bonds is 3. The van der Waals surface area contributed by atoms with Crippen molar-refractivity contribution in [1.82, 2.24) is 0 Å². The summed E-state index contributed by atoms with van der Waals surface area (Å²) in [5, 5.41) is 0. The average Bonchev–Trinajstić information content (AvgIpc) is 2.49. The summed E-state index contributed by atoms with van der Waals surface area (Å²) >= 11 is 0. The highest BCUT2D eigenvalue weighted by Crippen LogP contribution is 2.38. The van der Waals surface area contributed by atoms with Gasteiger partial charge in [0.2, 0.25) is 0 Å². The summed E-state index contributed by atoms with van der Waals surface area (Å²) in [6.45, 7) is 4.22. The van der Waals surface area contributed by atoms with Crippen molar-refractivity contribution in [2.24, 2.45) is 11.7 Å². The molecule has 2 fully saturated rings. The minimum absolute atomic E-state index is 0.745. The standard InChI is InChI=1S/C18H28N2/c1-14-13-17(9-8-15(14)10-11-19)20-12-4-6-16-5-2-3-7-18(16)20/h8-9,13,16,18H,2-7,10-12,19H2,1H3. The Kier molecular flexibility index (Phi) is 4.30. The van der Waals surface area contributed by atoms with E-state index in [-0.39, 0.29) is 0 Å². The van der Waals surface area contributed by atoms with Crippen molar-refractivity contribution in [3.63, 3.8) is 0 Å². The summed E-state index contributed by atoms with van der Waals surface area (Å²) in [7, 11) is 0. The minimum Gasteiger partial charge on any atom is -0.368 e. The van der Waals surface area contributed by atoms with Crippen LogP contribution in [0.2, 0.25) is 0 Å². The second-order valence-corrected chi connectivity index (χ2v) is 6.60. The van der Waals surface area contributed by atoms with Crippen LogP contribution in [0.1, 0.15) is 49.7 Å². The molecule has 1 aliphatic heterocycles. The van der Waals surface area contributed by atoms with Crippen molar-refractivity contribution in [2.45, 2.75) is 57.9 Å². The Balaban J connectivity index is 1.82. The number of benzene rings is 1. The molecule has 0 aromatic heterocycles. The molecule has 2 nitrogen and oxygen atoms in total. The van der Waals surface area contributed by atoms with Gasteiger partial charge < -0.3 is 10.6 Å². The van der Waals surface area contributed by atoms with Crippen LogP contribution < -0.4 is 10.6 Å². The van der Waals surface area contributed by atoms with Gasteiger partial charge in [-0.1, -0.05) is 18.9 Å². The van der Waals surface area contributed by atoms with E-state index in [1.54, 1.807) is 0 Å². The molecule has 0 spiro atoms. The van der Waals surface area contributed by atoms with E-state index in [2.05, 4.69) is 30.0 Å². The summed E-state index contributed by atoms with van der Waals surface area (Å²) in [6.07, 6.45) is 9.53. The molecule has 0 radical (unpaired) electrons. The third kappa shape index (κ3) is 2.71. The van der Waals surface area contributed by atoms with Crippen molar-refractivity contribution in [1.29, 1.82) is 0 Å². The van der Waals surface area contributed by atoms with Crippen LogP contribution in [0.5, 0.6) is 0 Å². The Morgan fingerprint density at radius 1 is 1.15 bits per heavy atom.